The molecule has 0 heterocycles. The first-order chi connectivity index (χ1) is 11.4. The highest BCUT2D eigenvalue weighted by molar-refractivity contribution is 7.92. The molecule has 0 saturated heterocycles. The fraction of sp³-hybridized carbons (Fsp3) is 0. The molecule has 0 saturated carbocycles. The van der Waals surface area contributed by atoms with Crippen molar-refractivity contribution in [3.05, 3.63) is 70.8 Å². The van der Waals surface area contributed by atoms with Crippen molar-refractivity contribution in [3.63, 3.8) is 0 Å². The molecule has 3 rings (SSSR count). The molecule has 2 N–H and O–H groups in total. The Balaban J connectivity index is 1.98. The summed E-state index contributed by atoms with van der Waals surface area (Å²) in [5, 5.41) is 21.9. The van der Waals surface area contributed by atoms with Gasteiger partial charge in [-0.15, -0.1) is 0 Å². The topological polar surface area (TPSA) is 110 Å². The van der Waals surface area contributed by atoms with E-state index < -0.39 is 26.4 Å². The van der Waals surface area contributed by atoms with E-state index in [4.69, 9.17) is 0 Å². The molecule has 122 valence electrons. The normalized spacial score (nSPS) is 11.3. The minimum Gasteiger partial charge on any atom is -0.502 e. The number of hydrogen-bond donors (Lipinski definition) is 2. The summed E-state index contributed by atoms with van der Waals surface area (Å²) in [6.45, 7) is 0. The smallest absolute Gasteiger partial charge is 0.312 e. The molecule has 0 bridgehead atoms. The van der Waals surface area contributed by atoms with Crippen LogP contribution in [0, 0.1) is 10.1 Å². The predicted molar refractivity (Wildman–Crippen MR) is 89.5 cm³/mol. The molecule has 0 amide bonds. The Bertz CT molecular complexity index is 1050. The lowest BCUT2D eigenvalue weighted by atomic mass is 10.1. The number of nitro benzene ring substituents is 1. The summed E-state index contributed by atoms with van der Waals surface area (Å²) in [5.74, 6) is -0.534. The summed E-state index contributed by atoms with van der Waals surface area (Å²) < 4.78 is 27.2. The van der Waals surface area contributed by atoms with Gasteiger partial charge < -0.3 is 5.11 Å². The fourth-order valence-electron chi connectivity index (χ4n) is 2.28. The summed E-state index contributed by atoms with van der Waals surface area (Å²) in [6, 6.07) is 15.3. The van der Waals surface area contributed by atoms with Gasteiger partial charge in [0, 0.05) is 6.07 Å². The Morgan fingerprint density at radius 3 is 2.38 bits per heavy atom. The Labute approximate surface area is 137 Å². The van der Waals surface area contributed by atoms with Crippen LogP contribution in [-0.2, 0) is 10.0 Å². The van der Waals surface area contributed by atoms with Crippen molar-refractivity contribution >= 4 is 32.2 Å². The molecule has 0 unspecified atom stereocenters. The number of nitrogens with zero attached hydrogens (tertiary/aromatic N) is 1. The molecule has 0 atom stereocenters. The van der Waals surface area contributed by atoms with E-state index in [1.54, 1.807) is 18.2 Å². The molecular weight excluding hydrogens is 332 g/mol. The highest BCUT2D eigenvalue weighted by atomic mass is 32.2. The number of anilines is 1. The molecule has 0 aliphatic carbocycles. The molecule has 0 aliphatic rings. The zero-order valence-corrected chi connectivity index (χ0v) is 13.0. The van der Waals surface area contributed by atoms with Crippen LogP contribution in [0.15, 0.2) is 65.6 Å². The summed E-state index contributed by atoms with van der Waals surface area (Å²) in [6.07, 6.45) is 0. The number of fused-ring (bicyclic) bond motifs is 1. The van der Waals surface area contributed by atoms with Crippen molar-refractivity contribution < 1.29 is 18.4 Å². The third-order valence-electron chi connectivity index (χ3n) is 3.46. The zero-order chi connectivity index (χ0) is 17.3. The second-order valence-electron chi connectivity index (χ2n) is 5.08. The van der Waals surface area contributed by atoms with Crippen LogP contribution < -0.4 is 4.72 Å². The summed E-state index contributed by atoms with van der Waals surface area (Å²) in [5.41, 5.74) is -0.582. The third kappa shape index (κ3) is 2.99. The molecule has 0 radical (unpaired) electrons. The first-order valence-corrected chi connectivity index (χ1v) is 8.34. The molecule has 7 nitrogen and oxygen atoms in total. The number of hydrogen-bond acceptors (Lipinski definition) is 5. The number of benzene rings is 3. The average molecular weight is 344 g/mol. The van der Waals surface area contributed by atoms with Crippen molar-refractivity contribution in [2.24, 2.45) is 0 Å². The number of aromatic hydroxyl groups is 1. The summed E-state index contributed by atoms with van der Waals surface area (Å²) in [7, 11) is -3.91. The zero-order valence-electron chi connectivity index (χ0n) is 12.2. The van der Waals surface area contributed by atoms with Gasteiger partial charge in [0.25, 0.3) is 10.0 Å². The monoisotopic (exact) mass is 344 g/mol. The first-order valence-electron chi connectivity index (χ1n) is 6.86. The number of phenolic OH excluding ortho intramolecular Hbond substituents is 1. The molecule has 8 heteroatoms. The largest absolute Gasteiger partial charge is 0.502 e. The SMILES string of the molecule is O=[N+]([O-])c1cc(NS(=O)(=O)c2ccc3ccccc3c2)ccc1O. The maximum atomic E-state index is 12.5. The van der Waals surface area contributed by atoms with Gasteiger partial charge in [-0.05, 0) is 35.0 Å². The average Bonchev–Trinajstić information content (AvgIpc) is 2.55. The lowest BCUT2D eigenvalue weighted by Crippen LogP contribution is -2.13. The van der Waals surface area contributed by atoms with Crippen molar-refractivity contribution in [1.82, 2.24) is 0 Å². The Morgan fingerprint density at radius 1 is 0.958 bits per heavy atom. The standard InChI is InChI=1S/C16H12N2O5S/c19-16-8-6-13(10-15(16)18(20)21)17-24(22,23)14-7-5-11-3-1-2-4-12(11)9-14/h1-10,17,19H. The van der Waals surface area contributed by atoms with Crippen LogP contribution in [0.4, 0.5) is 11.4 Å². The second kappa shape index (κ2) is 5.82. The lowest BCUT2D eigenvalue weighted by Gasteiger charge is -2.09. The van der Waals surface area contributed by atoms with E-state index in [0.717, 1.165) is 22.9 Å². The van der Waals surface area contributed by atoms with Crippen LogP contribution in [0.5, 0.6) is 5.75 Å². The van der Waals surface area contributed by atoms with Crippen LogP contribution in [0.2, 0.25) is 0 Å². The molecule has 3 aromatic rings. The Kier molecular flexibility index (Phi) is 3.82. The maximum Gasteiger partial charge on any atom is 0.312 e. The number of sulfonamides is 1. The molecule has 0 spiro atoms. The molecule has 0 aromatic heterocycles. The summed E-state index contributed by atoms with van der Waals surface area (Å²) in [4.78, 5) is 10.1. The molecular formula is C16H12N2O5S. The van der Waals surface area contributed by atoms with E-state index >= 15 is 0 Å². The van der Waals surface area contributed by atoms with E-state index in [1.165, 1.54) is 18.2 Å². The summed E-state index contributed by atoms with van der Waals surface area (Å²) >= 11 is 0. The molecule has 3 aromatic carbocycles. The first kappa shape index (κ1) is 15.8. The predicted octanol–water partition coefficient (Wildman–Crippen LogP) is 3.25. The number of nitro groups is 1. The lowest BCUT2D eigenvalue weighted by molar-refractivity contribution is -0.385. The Hall–Kier alpha value is -3.13. The van der Waals surface area contributed by atoms with Crippen LogP contribution >= 0.6 is 0 Å². The minimum absolute atomic E-state index is 0.00680. The Morgan fingerprint density at radius 2 is 1.67 bits per heavy atom. The van der Waals surface area contributed by atoms with E-state index in [-0.39, 0.29) is 10.6 Å². The van der Waals surface area contributed by atoms with Gasteiger partial charge in [0.2, 0.25) is 0 Å². The quantitative estimate of drug-likeness (QED) is 0.429. The van der Waals surface area contributed by atoms with Gasteiger partial charge in [-0.3, -0.25) is 14.8 Å². The van der Waals surface area contributed by atoms with Gasteiger partial charge in [-0.25, -0.2) is 8.42 Å². The van der Waals surface area contributed by atoms with Crippen LogP contribution in [0.1, 0.15) is 0 Å². The van der Waals surface area contributed by atoms with Gasteiger partial charge in [-0.1, -0.05) is 30.3 Å². The van der Waals surface area contributed by atoms with Gasteiger partial charge >= 0.3 is 5.69 Å². The van der Waals surface area contributed by atoms with Crippen molar-refractivity contribution in [2.45, 2.75) is 4.90 Å². The number of rotatable bonds is 4. The highest BCUT2D eigenvalue weighted by Crippen LogP contribution is 2.30. The number of phenols is 1. The fourth-order valence-corrected chi connectivity index (χ4v) is 3.37. The van der Waals surface area contributed by atoms with Crippen LogP contribution in [0.25, 0.3) is 10.8 Å². The second-order valence-corrected chi connectivity index (χ2v) is 6.76. The third-order valence-corrected chi connectivity index (χ3v) is 4.83. The van der Waals surface area contributed by atoms with E-state index in [9.17, 15) is 23.6 Å². The number of nitrogens with one attached hydrogen (secondary N) is 1. The van der Waals surface area contributed by atoms with Gasteiger partial charge in [-0.2, -0.15) is 0 Å². The van der Waals surface area contributed by atoms with Crippen molar-refractivity contribution in [3.8, 4) is 5.75 Å². The van der Waals surface area contributed by atoms with E-state index in [1.807, 2.05) is 12.1 Å². The van der Waals surface area contributed by atoms with E-state index in [0.29, 0.717) is 0 Å². The highest BCUT2D eigenvalue weighted by Gasteiger charge is 2.18. The van der Waals surface area contributed by atoms with Gasteiger partial charge in [0.15, 0.2) is 5.75 Å². The molecule has 24 heavy (non-hydrogen) atoms. The van der Waals surface area contributed by atoms with Crippen LogP contribution in [-0.4, -0.2) is 18.4 Å². The van der Waals surface area contributed by atoms with Crippen LogP contribution in [0.3, 0.4) is 0 Å². The van der Waals surface area contributed by atoms with Gasteiger partial charge in [0.05, 0.1) is 15.5 Å². The maximum absolute atomic E-state index is 12.5. The minimum atomic E-state index is -3.91. The molecule has 0 aliphatic heterocycles. The van der Waals surface area contributed by atoms with E-state index in [2.05, 4.69) is 4.72 Å². The van der Waals surface area contributed by atoms with Crippen molar-refractivity contribution in [2.75, 3.05) is 4.72 Å². The molecule has 0 fully saturated rings. The van der Waals surface area contributed by atoms with Crippen molar-refractivity contribution in [1.29, 1.82) is 0 Å². The van der Waals surface area contributed by atoms with Gasteiger partial charge in [0.1, 0.15) is 0 Å².